The normalized spacial score (nSPS) is 18.4. The topological polar surface area (TPSA) is 199 Å². The summed E-state index contributed by atoms with van der Waals surface area (Å²) in [5.74, 6) is -4.38. The average molecular weight is 521 g/mol. The molecule has 5 unspecified atom stereocenters. The third-order valence-corrected chi connectivity index (χ3v) is 6.61. The Hall–Kier alpha value is -3.67. The highest BCUT2D eigenvalue weighted by Crippen LogP contribution is 2.20. The Bertz CT molecular complexity index is 983. The van der Waals surface area contributed by atoms with Gasteiger partial charge in [-0.2, -0.15) is 0 Å². The van der Waals surface area contributed by atoms with E-state index in [1.807, 2.05) is 6.92 Å². The SMILES string of the molecule is CCC(C)C(NC(=O)C1CCCN1C(=O)C(N)CCC(=O)O)C(=O)NC(Cc1ccc(O)cc1)C(=O)O. The van der Waals surface area contributed by atoms with E-state index in [1.54, 1.807) is 19.1 Å². The summed E-state index contributed by atoms with van der Waals surface area (Å²) < 4.78 is 0. The van der Waals surface area contributed by atoms with Crippen LogP contribution < -0.4 is 16.4 Å². The molecule has 1 aliphatic rings. The van der Waals surface area contributed by atoms with Gasteiger partial charge in [0.2, 0.25) is 17.7 Å². The van der Waals surface area contributed by atoms with E-state index in [1.165, 1.54) is 17.0 Å². The van der Waals surface area contributed by atoms with Crippen LogP contribution in [-0.4, -0.2) is 80.6 Å². The number of nitrogens with one attached hydrogen (secondary N) is 2. The summed E-state index contributed by atoms with van der Waals surface area (Å²) >= 11 is 0. The Morgan fingerprint density at radius 3 is 2.32 bits per heavy atom. The molecule has 5 atom stereocenters. The summed E-state index contributed by atoms with van der Waals surface area (Å²) in [6, 6.07) is 1.70. The number of hydrogen-bond acceptors (Lipinski definition) is 7. The fourth-order valence-electron chi connectivity index (χ4n) is 4.20. The maximum Gasteiger partial charge on any atom is 0.326 e. The molecule has 0 bridgehead atoms. The number of carboxylic acids is 2. The van der Waals surface area contributed by atoms with Crippen molar-refractivity contribution in [2.75, 3.05) is 6.54 Å². The lowest BCUT2D eigenvalue weighted by Crippen LogP contribution is -2.58. The highest BCUT2D eigenvalue weighted by Gasteiger charge is 2.38. The van der Waals surface area contributed by atoms with Crippen LogP contribution in [0.15, 0.2) is 24.3 Å². The Balaban J connectivity index is 2.11. The van der Waals surface area contributed by atoms with Gasteiger partial charge in [0.15, 0.2) is 0 Å². The number of hydrogen-bond donors (Lipinski definition) is 6. The molecule has 1 aromatic rings. The second-order valence-corrected chi connectivity index (χ2v) is 9.37. The third kappa shape index (κ3) is 8.45. The summed E-state index contributed by atoms with van der Waals surface area (Å²) in [6.07, 6.45) is 1.06. The van der Waals surface area contributed by atoms with E-state index in [9.17, 15) is 34.2 Å². The average Bonchev–Trinajstić information content (AvgIpc) is 3.35. The molecule has 1 fully saturated rings. The number of carboxylic acid groups (broad SMARTS) is 2. The molecule has 1 heterocycles. The number of aromatic hydroxyl groups is 1. The summed E-state index contributed by atoms with van der Waals surface area (Å²) in [7, 11) is 0. The molecule has 37 heavy (non-hydrogen) atoms. The number of nitrogens with two attached hydrogens (primary N) is 1. The number of carbonyl (C=O) groups is 5. The lowest BCUT2D eigenvalue weighted by atomic mass is 9.96. The minimum absolute atomic E-state index is 0.0261. The van der Waals surface area contributed by atoms with Gasteiger partial charge >= 0.3 is 11.9 Å². The summed E-state index contributed by atoms with van der Waals surface area (Å²) in [4.78, 5) is 63.0. The van der Waals surface area contributed by atoms with Gasteiger partial charge in [0.05, 0.1) is 6.04 Å². The van der Waals surface area contributed by atoms with Crippen molar-refractivity contribution in [2.45, 2.75) is 76.5 Å². The van der Waals surface area contributed by atoms with Gasteiger partial charge in [0.1, 0.15) is 23.9 Å². The van der Waals surface area contributed by atoms with E-state index in [0.29, 0.717) is 24.8 Å². The van der Waals surface area contributed by atoms with E-state index in [2.05, 4.69) is 10.6 Å². The first-order valence-electron chi connectivity index (χ1n) is 12.3. The van der Waals surface area contributed by atoms with Crippen molar-refractivity contribution in [3.8, 4) is 5.75 Å². The number of phenolic OH excluding ortho intramolecular Hbond substituents is 1. The lowest BCUT2D eigenvalue weighted by Gasteiger charge is -2.30. The molecule has 12 nitrogen and oxygen atoms in total. The van der Waals surface area contributed by atoms with Crippen molar-refractivity contribution in [3.63, 3.8) is 0 Å². The third-order valence-electron chi connectivity index (χ3n) is 6.61. The number of aliphatic carboxylic acids is 2. The molecule has 0 aromatic heterocycles. The number of carbonyl (C=O) groups excluding carboxylic acids is 3. The van der Waals surface area contributed by atoms with E-state index < -0.39 is 53.8 Å². The predicted octanol–water partition coefficient (Wildman–Crippen LogP) is 0.218. The zero-order valence-corrected chi connectivity index (χ0v) is 21.1. The second kappa shape index (κ2) is 13.6. The van der Waals surface area contributed by atoms with E-state index >= 15 is 0 Å². The standard InChI is InChI=1S/C25H36N4O8/c1-3-14(2)21(23(34)27-18(25(36)37)13-15-6-8-16(30)9-7-15)28-22(33)19-5-4-12-29(19)24(35)17(26)10-11-20(31)32/h6-9,14,17-19,21,30H,3-5,10-13,26H2,1-2H3,(H,27,34)(H,28,33)(H,31,32)(H,36,37). The van der Waals surface area contributed by atoms with Crippen molar-refractivity contribution in [3.05, 3.63) is 29.8 Å². The number of phenols is 1. The van der Waals surface area contributed by atoms with Crippen LogP contribution in [0.3, 0.4) is 0 Å². The Morgan fingerprint density at radius 2 is 1.76 bits per heavy atom. The van der Waals surface area contributed by atoms with Crippen LogP contribution in [0.1, 0.15) is 51.5 Å². The zero-order chi connectivity index (χ0) is 27.7. The van der Waals surface area contributed by atoms with Gasteiger partial charge in [-0.05, 0) is 42.9 Å². The molecule has 204 valence electrons. The van der Waals surface area contributed by atoms with E-state index in [0.717, 1.165) is 0 Å². The molecule has 1 aromatic carbocycles. The van der Waals surface area contributed by atoms with Gasteiger partial charge in [-0.15, -0.1) is 0 Å². The number of amides is 3. The van der Waals surface area contributed by atoms with Crippen molar-refractivity contribution in [2.24, 2.45) is 11.7 Å². The Morgan fingerprint density at radius 1 is 1.11 bits per heavy atom. The van der Waals surface area contributed by atoms with E-state index in [-0.39, 0.29) is 37.5 Å². The van der Waals surface area contributed by atoms with E-state index in [4.69, 9.17) is 10.8 Å². The van der Waals surface area contributed by atoms with Crippen molar-refractivity contribution in [1.29, 1.82) is 0 Å². The molecule has 0 radical (unpaired) electrons. The van der Waals surface area contributed by atoms with Crippen LogP contribution in [0.25, 0.3) is 0 Å². The minimum Gasteiger partial charge on any atom is -0.508 e. The molecule has 0 saturated carbocycles. The Labute approximate surface area is 215 Å². The maximum atomic E-state index is 13.2. The van der Waals surface area contributed by atoms with Gasteiger partial charge in [-0.3, -0.25) is 19.2 Å². The van der Waals surface area contributed by atoms with Crippen molar-refractivity contribution in [1.82, 2.24) is 15.5 Å². The zero-order valence-electron chi connectivity index (χ0n) is 21.1. The van der Waals surface area contributed by atoms with Crippen LogP contribution in [0.2, 0.25) is 0 Å². The molecular weight excluding hydrogens is 484 g/mol. The van der Waals surface area contributed by atoms with Crippen molar-refractivity contribution < 1.29 is 39.3 Å². The quantitative estimate of drug-likeness (QED) is 0.210. The summed E-state index contributed by atoms with van der Waals surface area (Å²) in [5.41, 5.74) is 6.45. The molecule has 1 saturated heterocycles. The van der Waals surface area contributed by atoms with Crippen LogP contribution in [-0.2, 0) is 30.4 Å². The van der Waals surface area contributed by atoms with Gasteiger partial charge in [0.25, 0.3) is 0 Å². The Kier molecular flexibility index (Phi) is 10.9. The molecule has 1 aliphatic heterocycles. The first-order valence-corrected chi connectivity index (χ1v) is 12.3. The minimum atomic E-state index is -1.27. The largest absolute Gasteiger partial charge is 0.508 e. The monoisotopic (exact) mass is 520 g/mol. The van der Waals surface area contributed by atoms with Crippen LogP contribution >= 0.6 is 0 Å². The van der Waals surface area contributed by atoms with Gasteiger partial charge in [0, 0.05) is 19.4 Å². The number of rotatable bonds is 13. The number of benzene rings is 1. The van der Waals surface area contributed by atoms with Gasteiger partial charge in [-0.25, -0.2) is 4.79 Å². The first kappa shape index (κ1) is 29.6. The first-order chi connectivity index (χ1) is 17.4. The second-order valence-electron chi connectivity index (χ2n) is 9.37. The smallest absolute Gasteiger partial charge is 0.326 e. The highest BCUT2D eigenvalue weighted by molar-refractivity contribution is 5.94. The predicted molar refractivity (Wildman–Crippen MR) is 132 cm³/mol. The van der Waals surface area contributed by atoms with Gasteiger partial charge in [-0.1, -0.05) is 32.4 Å². The molecule has 2 rings (SSSR count). The molecular formula is C25H36N4O8. The van der Waals surface area contributed by atoms with Crippen LogP contribution in [0.4, 0.5) is 0 Å². The summed E-state index contributed by atoms with van der Waals surface area (Å²) in [6.45, 7) is 3.86. The fourth-order valence-corrected chi connectivity index (χ4v) is 4.20. The molecule has 0 aliphatic carbocycles. The molecule has 7 N–H and O–H groups in total. The molecule has 3 amide bonds. The molecule has 12 heteroatoms. The lowest BCUT2D eigenvalue weighted by molar-refractivity contribution is -0.143. The van der Waals surface area contributed by atoms with Crippen LogP contribution in [0, 0.1) is 5.92 Å². The maximum absolute atomic E-state index is 13.2. The molecule has 0 spiro atoms. The van der Waals surface area contributed by atoms with Crippen molar-refractivity contribution >= 4 is 29.7 Å². The summed E-state index contributed by atoms with van der Waals surface area (Å²) in [5, 5.41) is 33.1. The number of nitrogens with zero attached hydrogens (tertiary/aromatic N) is 1. The van der Waals surface area contributed by atoms with Gasteiger partial charge < -0.3 is 36.6 Å². The fraction of sp³-hybridized carbons (Fsp3) is 0.560. The van der Waals surface area contributed by atoms with Crippen LogP contribution in [0.5, 0.6) is 5.75 Å². The highest BCUT2D eigenvalue weighted by atomic mass is 16.4. The number of likely N-dealkylation sites (tertiary alicyclic amines) is 1.